The molecule has 0 radical (unpaired) electrons. The average molecular weight is 427 g/mol. The minimum atomic E-state index is -4.57. The van der Waals surface area contributed by atoms with Gasteiger partial charge in [0.05, 0.1) is 38.0 Å². The van der Waals surface area contributed by atoms with Gasteiger partial charge in [0.1, 0.15) is 11.5 Å². The molecule has 4 N–H and O–H groups in total. The summed E-state index contributed by atoms with van der Waals surface area (Å²) < 4.78 is 51.2. The van der Waals surface area contributed by atoms with Crippen LogP contribution >= 0.6 is 0 Å². The second-order valence-electron chi connectivity index (χ2n) is 7.27. The van der Waals surface area contributed by atoms with E-state index in [-0.39, 0.29) is 25.2 Å². The Hall–Kier alpha value is -2.29. The van der Waals surface area contributed by atoms with Crippen LogP contribution in [0.15, 0.2) is 42.5 Å². The molecule has 0 aliphatic carbocycles. The molecule has 8 heteroatoms. The molecule has 2 rings (SSSR count). The molecule has 0 fully saturated rings. The molecule has 0 bridgehead atoms. The SMILES string of the molecule is COc1ccccc1CCCOc1ccc(CCC(N)(CO)CO)cc1C(F)(F)F. The highest BCUT2D eigenvalue weighted by Gasteiger charge is 2.35. The molecule has 0 atom stereocenters. The fourth-order valence-corrected chi connectivity index (χ4v) is 3.04. The third-order valence-corrected chi connectivity index (χ3v) is 4.93. The summed E-state index contributed by atoms with van der Waals surface area (Å²) in [5.41, 5.74) is 5.08. The summed E-state index contributed by atoms with van der Waals surface area (Å²) in [6.07, 6.45) is -3.08. The van der Waals surface area contributed by atoms with Gasteiger partial charge in [0, 0.05) is 0 Å². The third kappa shape index (κ3) is 6.62. The largest absolute Gasteiger partial charge is 0.496 e. The lowest BCUT2D eigenvalue weighted by Gasteiger charge is -2.24. The molecule has 5 nitrogen and oxygen atoms in total. The van der Waals surface area contributed by atoms with E-state index in [0.29, 0.717) is 18.4 Å². The molecule has 0 saturated carbocycles. The molecule has 0 heterocycles. The second kappa shape index (κ2) is 10.7. The third-order valence-electron chi connectivity index (χ3n) is 4.93. The first-order valence-electron chi connectivity index (χ1n) is 9.68. The fourth-order valence-electron chi connectivity index (χ4n) is 3.04. The number of rotatable bonds is 11. The number of aryl methyl sites for hydroxylation is 2. The van der Waals surface area contributed by atoms with Crippen molar-refractivity contribution >= 4 is 0 Å². The predicted molar refractivity (Wildman–Crippen MR) is 108 cm³/mol. The summed E-state index contributed by atoms with van der Waals surface area (Å²) in [6, 6.07) is 11.3. The zero-order chi connectivity index (χ0) is 22.2. The lowest BCUT2D eigenvalue weighted by molar-refractivity contribution is -0.139. The Balaban J connectivity index is 2.03. The summed E-state index contributed by atoms with van der Waals surface area (Å²) >= 11 is 0. The van der Waals surface area contributed by atoms with Crippen molar-refractivity contribution in [3.05, 3.63) is 59.2 Å². The van der Waals surface area contributed by atoms with Gasteiger partial charge < -0.3 is 25.4 Å². The Labute approximate surface area is 174 Å². The van der Waals surface area contributed by atoms with Gasteiger partial charge in [-0.2, -0.15) is 13.2 Å². The van der Waals surface area contributed by atoms with Gasteiger partial charge >= 0.3 is 6.18 Å². The topological polar surface area (TPSA) is 84.9 Å². The van der Waals surface area contributed by atoms with Crippen molar-refractivity contribution in [2.24, 2.45) is 5.73 Å². The standard InChI is InChI=1S/C22H28F3NO4/c1-29-19-7-3-2-5-17(19)6-4-12-30-20-9-8-16(13-18(20)22(23,24)25)10-11-21(26,14-27)15-28/h2-3,5,7-9,13,27-28H,4,6,10-12,14-15,26H2,1H3. The second-order valence-corrected chi connectivity index (χ2v) is 7.27. The average Bonchev–Trinajstić information content (AvgIpc) is 2.75. The number of aliphatic hydroxyl groups is 2. The van der Waals surface area contributed by atoms with Crippen molar-refractivity contribution in [3.63, 3.8) is 0 Å². The van der Waals surface area contributed by atoms with Crippen LogP contribution in [0.1, 0.15) is 29.5 Å². The molecule has 30 heavy (non-hydrogen) atoms. The highest BCUT2D eigenvalue weighted by atomic mass is 19.4. The molecule has 0 saturated heterocycles. The number of para-hydroxylation sites is 1. The van der Waals surface area contributed by atoms with E-state index in [1.165, 1.54) is 6.07 Å². The van der Waals surface area contributed by atoms with Gasteiger partial charge in [-0.1, -0.05) is 24.3 Å². The van der Waals surface area contributed by atoms with E-state index >= 15 is 0 Å². The Morgan fingerprint density at radius 2 is 1.67 bits per heavy atom. The smallest absolute Gasteiger partial charge is 0.419 e. The van der Waals surface area contributed by atoms with Crippen LogP contribution in [0.3, 0.4) is 0 Å². The van der Waals surface area contributed by atoms with E-state index in [4.69, 9.17) is 15.2 Å². The van der Waals surface area contributed by atoms with Crippen molar-refractivity contribution < 1.29 is 32.9 Å². The maximum Gasteiger partial charge on any atom is 0.419 e. The van der Waals surface area contributed by atoms with E-state index in [9.17, 15) is 23.4 Å². The molecule has 2 aromatic rings. The van der Waals surface area contributed by atoms with Crippen LogP contribution < -0.4 is 15.2 Å². The number of halogens is 3. The molecule has 166 valence electrons. The van der Waals surface area contributed by atoms with Crippen molar-refractivity contribution in [1.29, 1.82) is 0 Å². The number of hydrogen-bond donors (Lipinski definition) is 3. The highest BCUT2D eigenvalue weighted by molar-refractivity contribution is 5.39. The summed E-state index contributed by atoms with van der Waals surface area (Å²) in [5.74, 6) is 0.508. The summed E-state index contributed by atoms with van der Waals surface area (Å²) in [5, 5.41) is 18.5. The quantitative estimate of drug-likeness (QED) is 0.479. The number of aliphatic hydroxyl groups excluding tert-OH is 2. The molecule has 2 aromatic carbocycles. The van der Waals surface area contributed by atoms with Crippen LogP contribution in [0.4, 0.5) is 13.2 Å². The Bertz CT molecular complexity index is 807. The van der Waals surface area contributed by atoms with Gasteiger partial charge in [-0.05, 0) is 55.0 Å². The molecule has 0 spiro atoms. The van der Waals surface area contributed by atoms with E-state index in [1.54, 1.807) is 13.2 Å². The number of alkyl halides is 3. The van der Waals surface area contributed by atoms with Crippen LogP contribution in [0.2, 0.25) is 0 Å². The van der Waals surface area contributed by atoms with Gasteiger partial charge in [-0.15, -0.1) is 0 Å². The minimum Gasteiger partial charge on any atom is -0.496 e. The normalized spacial score (nSPS) is 12.1. The minimum absolute atomic E-state index is 0.126. The van der Waals surface area contributed by atoms with Gasteiger partial charge in [0.15, 0.2) is 0 Å². The summed E-state index contributed by atoms with van der Waals surface area (Å²) in [7, 11) is 1.57. The van der Waals surface area contributed by atoms with E-state index < -0.39 is 30.5 Å². The molecule has 0 amide bonds. The summed E-state index contributed by atoms with van der Waals surface area (Å²) in [4.78, 5) is 0. The predicted octanol–water partition coefficient (Wildman–Crippen LogP) is 3.34. The van der Waals surface area contributed by atoms with Gasteiger partial charge in [-0.3, -0.25) is 0 Å². The van der Waals surface area contributed by atoms with Crippen LogP contribution in [0.25, 0.3) is 0 Å². The molecule has 0 aromatic heterocycles. The summed E-state index contributed by atoms with van der Waals surface area (Å²) in [6.45, 7) is -0.784. The number of methoxy groups -OCH3 is 1. The Morgan fingerprint density at radius 1 is 0.967 bits per heavy atom. The van der Waals surface area contributed by atoms with Crippen molar-refractivity contribution in [2.45, 2.75) is 37.4 Å². The number of hydrogen-bond acceptors (Lipinski definition) is 5. The van der Waals surface area contributed by atoms with Crippen molar-refractivity contribution in [2.75, 3.05) is 26.9 Å². The van der Waals surface area contributed by atoms with Gasteiger partial charge in [0.2, 0.25) is 0 Å². The molecule has 0 aliphatic heterocycles. The first-order valence-corrected chi connectivity index (χ1v) is 9.68. The lowest BCUT2D eigenvalue weighted by Crippen LogP contribution is -2.47. The Kier molecular flexibility index (Phi) is 8.52. The zero-order valence-corrected chi connectivity index (χ0v) is 16.9. The van der Waals surface area contributed by atoms with Crippen molar-refractivity contribution in [3.8, 4) is 11.5 Å². The first-order chi connectivity index (χ1) is 14.2. The van der Waals surface area contributed by atoms with Crippen LogP contribution in [0.5, 0.6) is 11.5 Å². The lowest BCUT2D eigenvalue weighted by atomic mass is 9.93. The highest BCUT2D eigenvalue weighted by Crippen LogP contribution is 2.37. The maximum atomic E-state index is 13.5. The van der Waals surface area contributed by atoms with Gasteiger partial charge in [-0.25, -0.2) is 0 Å². The first kappa shape index (κ1) is 24.0. The van der Waals surface area contributed by atoms with Crippen LogP contribution in [-0.4, -0.2) is 42.7 Å². The number of benzene rings is 2. The Morgan fingerprint density at radius 3 is 2.30 bits per heavy atom. The van der Waals surface area contributed by atoms with E-state index in [0.717, 1.165) is 17.4 Å². The van der Waals surface area contributed by atoms with Gasteiger partial charge in [0.25, 0.3) is 0 Å². The van der Waals surface area contributed by atoms with E-state index in [2.05, 4.69) is 0 Å². The molecular weight excluding hydrogens is 399 g/mol. The van der Waals surface area contributed by atoms with Crippen LogP contribution in [-0.2, 0) is 19.0 Å². The maximum absolute atomic E-state index is 13.5. The molecule has 0 aliphatic rings. The van der Waals surface area contributed by atoms with Crippen LogP contribution in [0, 0.1) is 0 Å². The van der Waals surface area contributed by atoms with Crippen molar-refractivity contribution in [1.82, 2.24) is 0 Å². The number of ether oxygens (including phenoxy) is 2. The molecule has 0 unspecified atom stereocenters. The molecular formula is C22H28F3NO4. The van der Waals surface area contributed by atoms with E-state index in [1.807, 2.05) is 24.3 Å². The monoisotopic (exact) mass is 427 g/mol. The fraction of sp³-hybridized carbons (Fsp3) is 0.455. The zero-order valence-electron chi connectivity index (χ0n) is 16.9. The number of nitrogens with two attached hydrogens (primary N) is 1.